The van der Waals surface area contributed by atoms with Crippen LogP contribution >= 0.6 is 0 Å². The molecule has 0 aromatic heterocycles. The van der Waals surface area contributed by atoms with Crippen molar-refractivity contribution in [2.45, 2.75) is 24.3 Å². The molecule has 0 unspecified atom stereocenters. The van der Waals surface area contributed by atoms with Gasteiger partial charge in [0, 0.05) is 29.0 Å². The van der Waals surface area contributed by atoms with Crippen LogP contribution in [0.25, 0.3) is 0 Å². The molecule has 1 fully saturated rings. The van der Waals surface area contributed by atoms with Crippen molar-refractivity contribution in [3.05, 3.63) is 29.8 Å². The zero-order valence-electron chi connectivity index (χ0n) is 12.3. The van der Waals surface area contributed by atoms with Crippen LogP contribution < -0.4 is 0 Å². The van der Waals surface area contributed by atoms with Crippen LogP contribution in [0.3, 0.4) is 0 Å². The van der Waals surface area contributed by atoms with E-state index >= 15 is 0 Å². The van der Waals surface area contributed by atoms with Gasteiger partial charge >= 0.3 is 5.97 Å². The van der Waals surface area contributed by atoms with Crippen molar-refractivity contribution in [1.82, 2.24) is 4.90 Å². The molecule has 0 radical (unpaired) electrons. The van der Waals surface area contributed by atoms with E-state index in [9.17, 15) is 13.8 Å². The number of carboxylic acids is 1. The minimum absolute atomic E-state index is 0.127. The molecule has 0 spiro atoms. The van der Waals surface area contributed by atoms with E-state index in [1.54, 1.807) is 30.3 Å². The van der Waals surface area contributed by atoms with E-state index in [4.69, 9.17) is 5.11 Å². The molecule has 114 valence electrons. The van der Waals surface area contributed by atoms with Crippen molar-refractivity contribution in [3.63, 3.8) is 0 Å². The Bertz CT molecular complexity index is 584. The maximum Gasteiger partial charge on any atom is 0.307 e. The molecule has 1 aliphatic carbocycles. The third kappa shape index (κ3) is 3.32. The highest BCUT2D eigenvalue weighted by atomic mass is 32.2. The van der Waals surface area contributed by atoms with Gasteiger partial charge in [-0.3, -0.25) is 13.8 Å². The minimum atomic E-state index is -1.02. The summed E-state index contributed by atoms with van der Waals surface area (Å²) in [6, 6.07) is 7.14. The number of benzene rings is 1. The smallest absolute Gasteiger partial charge is 0.307 e. The first-order valence-electron chi connectivity index (χ1n) is 6.75. The molecule has 4 atom stereocenters. The van der Waals surface area contributed by atoms with Gasteiger partial charge in [0.05, 0.1) is 17.9 Å². The molecule has 0 saturated heterocycles. The van der Waals surface area contributed by atoms with Crippen molar-refractivity contribution >= 4 is 22.7 Å². The van der Waals surface area contributed by atoms with Gasteiger partial charge in [-0.25, -0.2) is 0 Å². The van der Waals surface area contributed by atoms with Gasteiger partial charge in [0.2, 0.25) is 5.91 Å². The predicted octanol–water partition coefficient (Wildman–Crippen LogP) is 1.66. The Kier molecular flexibility index (Phi) is 4.46. The number of carbonyl (C=O) groups is 2. The summed E-state index contributed by atoms with van der Waals surface area (Å²) in [5.41, 5.74) is 0.938. The van der Waals surface area contributed by atoms with Gasteiger partial charge in [-0.05, 0) is 31.0 Å². The number of carboxylic acid groups (broad SMARTS) is 1. The number of hydrogen-bond acceptors (Lipinski definition) is 3. The lowest BCUT2D eigenvalue weighted by Gasteiger charge is -2.25. The van der Waals surface area contributed by atoms with Gasteiger partial charge < -0.3 is 10.0 Å². The molecule has 5 nitrogen and oxygen atoms in total. The van der Waals surface area contributed by atoms with Gasteiger partial charge in [-0.2, -0.15) is 0 Å². The van der Waals surface area contributed by atoms with Crippen molar-refractivity contribution < 1.29 is 18.9 Å². The first-order valence-corrected chi connectivity index (χ1v) is 8.31. The molecule has 1 aromatic rings. The fourth-order valence-corrected chi connectivity index (χ4v) is 2.87. The van der Waals surface area contributed by atoms with Crippen LogP contribution in [0.15, 0.2) is 29.2 Å². The molecule has 0 heterocycles. The quantitative estimate of drug-likeness (QED) is 0.897. The van der Waals surface area contributed by atoms with Crippen molar-refractivity contribution in [3.8, 4) is 0 Å². The molecular formula is C15H19NO4S. The Morgan fingerprint density at radius 3 is 2.29 bits per heavy atom. The predicted molar refractivity (Wildman–Crippen MR) is 79.2 cm³/mol. The second-order valence-electron chi connectivity index (χ2n) is 5.44. The number of hydrogen-bond donors (Lipinski definition) is 1. The SMILES string of the molecule is C[C@H](c1ccc([S@](C)=O)cc1)N(C)C(=O)[C@H]1C[C@H]1C(=O)O. The zero-order chi connectivity index (χ0) is 15.7. The van der Waals surface area contributed by atoms with Gasteiger partial charge in [-0.15, -0.1) is 0 Å². The second-order valence-corrected chi connectivity index (χ2v) is 6.81. The van der Waals surface area contributed by atoms with E-state index in [1.807, 2.05) is 19.1 Å². The summed E-state index contributed by atoms with van der Waals surface area (Å²) in [6.07, 6.45) is 2.05. The van der Waals surface area contributed by atoms with E-state index in [2.05, 4.69) is 0 Å². The average molecular weight is 309 g/mol. The molecule has 6 heteroatoms. The van der Waals surface area contributed by atoms with Crippen LogP contribution in [0, 0.1) is 11.8 Å². The van der Waals surface area contributed by atoms with Gasteiger partial charge in [-0.1, -0.05) is 12.1 Å². The largest absolute Gasteiger partial charge is 0.481 e. The van der Waals surface area contributed by atoms with Crippen LogP contribution in [0.5, 0.6) is 0 Å². The third-order valence-corrected chi connectivity index (χ3v) is 4.98. The minimum Gasteiger partial charge on any atom is -0.481 e. The van der Waals surface area contributed by atoms with E-state index in [-0.39, 0.29) is 11.9 Å². The van der Waals surface area contributed by atoms with Crippen LogP contribution in [-0.2, 0) is 20.4 Å². The highest BCUT2D eigenvalue weighted by Crippen LogP contribution is 2.41. The summed E-state index contributed by atoms with van der Waals surface area (Å²) in [5.74, 6) is -1.95. The average Bonchev–Trinajstić information content (AvgIpc) is 3.25. The topological polar surface area (TPSA) is 74.7 Å². The number of carbonyl (C=O) groups excluding carboxylic acids is 1. The summed E-state index contributed by atoms with van der Waals surface area (Å²) in [4.78, 5) is 25.4. The Morgan fingerprint density at radius 1 is 1.29 bits per heavy atom. The lowest BCUT2D eigenvalue weighted by molar-refractivity contribution is -0.142. The first-order chi connectivity index (χ1) is 9.82. The molecule has 1 aliphatic rings. The number of rotatable bonds is 5. The lowest BCUT2D eigenvalue weighted by atomic mass is 10.1. The highest BCUT2D eigenvalue weighted by molar-refractivity contribution is 7.84. The van der Waals surface area contributed by atoms with E-state index in [0.29, 0.717) is 6.42 Å². The number of aliphatic carboxylic acids is 1. The fraction of sp³-hybridized carbons (Fsp3) is 0.467. The standard InChI is InChI=1S/C15H19NO4S/c1-9(10-4-6-11(7-5-10)21(3)20)16(2)14(17)12-8-13(12)15(18)19/h4-7,9,12-13H,8H2,1-3H3,(H,18,19)/t9-,12+,13-,21+/m1/s1. The third-order valence-electron chi connectivity index (χ3n) is 4.05. The summed E-state index contributed by atoms with van der Waals surface area (Å²) >= 11 is 0. The summed E-state index contributed by atoms with van der Waals surface area (Å²) in [7, 11) is 0.667. The van der Waals surface area contributed by atoms with Gasteiger partial charge in [0.25, 0.3) is 0 Å². The Labute approximate surface area is 126 Å². The van der Waals surface area contributed by atoms with Gasteiger partial charge in [0.15, 0.2) is 0 Å². The fourth-order valence-electron chi connectivity index (χ4n) is 2.35. The molecule has 1 amide bonds. The molecule has 0 bridgehead atoms. The molecule has 0 aliphatic heterocycles. The van der Waals surface area contributed by atoms with Crippen LogP contribution in [0.4, 0.5) is 0 Å². The number of amides is 1. The summed E-state index contributed by atoms with van der Waals surface area (Å²) < 4.78 is 11.4. The van der Waals surface area contributed by atoms with E-state index < -0.39 is 28.6 Å². The summed E-state index contributed by atoms with van der Waals surface area (Å²) in [5, 5.41) is 8.89. The van der Waals surface area contributed by atoms with Crippen LogP contribution in [0.2, 0.25) is 0 Å². The van der Waals surface area contributed by atoms with Crippen LogP contribution in [-0.4, -0.2) is 39.4 Å². The molecule has 2 rings (SSSR count). The first kappa shape index (κ1) is 15.7. The van der Waals surface area contributed by atoms with Crippen LogP contribution in [0.1, 0.15) is 24.9 Å². The maximum absolute atomic E-state index is 12.2. The molecular weight excluding hydrogens is 290 g/mol. The van der Waals surface area contributed by atoms with Gasteiger partial charge in [0.1, 0.15) is 0 Å². The van der Waals surface area contributed by atoms with E-state index in [1.165, 1.54) is 0 Å². The normalized spacial score (nSPS) is 23.2. The monoisotopic (exact) mass is 309 g/mol. The zero-order valence-corrected chi connectivity index (χ0v) is 13.1. The molecule has 1 aromatic carbocycles. The van der Waals surface area contributed by atoms with E-state index in [0.717, 1.165) is 10.5 Å². The second kappa shape index (κ2) is 5.97. The maximum atomic E-state index is 12.2. The van der Waals surface area contributed by atoms with Crippen molar-refractivity contribution in [2.75, 3.05) is 13.3 Å². The molecule has 1 N–H and O–H groups in total. The number of nitrogens with zero attached hydrogens (tertiary/aromatic N) is 1. The highest BCUT2D eigenvalue weighted by Gasteiger charge is 2.49. The Hall–Kier alpha value is -1.69. The Balaban J connectivity index is 2.05. The summed E-state index contributed by atoms with van der Waals surface area (Å²) in [6.45, 7) is 1.90. The molecule has 21 heavy (non-hydrogen) atoms. The Morgan fingerprint density at radius 2 is 1.86 bits per heavy atom. The van der Waals surface area contributed by atoms with Crippen molar-refractivity contribution in [1.29, 1.82) is 0 Å². The lowest BCUT2D eigenvalue weighted by Crippen LogP contribution is -2.31. The molecule has 1 saturated carbocycles. The van der Waals surface area contributed by atoms with Crippen molar-refractivity contribution in [2.24, 2.45) is 11.8 Å².